The summed E-state index contributed by atoms with van der Waals surface area (Å²) >= 11 is 0. The minimum atomic E-state index is -1.08. The number of hydrogen-bond donors (Lipinski definition) is 2. The summed E-state index contributed by atoms with van der Waals surface area (Å²) in [6.07, 6.45) is 0. The van der Waals surface area contributed by atoms with Crippen LogP contribution >= 0.6 is 0 Å². The molecule has 1 amide bonds. The summed E-state index contributed by atoms with van der Waals surface area (Å²) in [7, 11) is 0. The zero-order valence-electron chi connectivity index (χ0n) is 12.9. The van der Waals surface area contributed by atoms with Gasteiger partial charge in [-0.1, -0.05) is 48.0 Å². The van der Waals surface area contributed by atoms with E-state index in [1.165, 1.54) is 0 Å². The molecule has 2 aromatic carbocycles. The Kier molecular flexibility index (Phi) is 4.61. The van der Waals surface area contributed by atoms with Gasteiger partial charge in [0.15, 0.2) is 6.04 Å². The van der Waals surface area contributed by atoms with Crippen LogP contribution in [0.3, 0.4) is 0 Å². The van der Waals surface area contributed by atoms with Crippen molar-refractivity contribution in [3.05, 3.63) is 70.3 Å². The van der Waals surface area contributed by atoms with Gasteiger partial charge in [0.25, 0.3) is 5.91 Å². The maximum Gasteiger partial charge on any atom is 0.330 e. The van der Waals surface area contributed by atoms with Crippen molar-refractivity contribution in [2.45, 2.75) is 26.8 Å². The van der Waals surface area contributed by atoms with Crippen LogP contribution in [0.1, 0.15) is 38.7 Å². The molecule has 2 N–H and O–H groups in total. The van der Waals surface area contributed by atoms with E-state index < -0.39 is 12.0 Å². The van der Waals surface area contributed by atoms with Gasteiger partial charge in [-0.05, 0) is 37.5 Å². The Balaban J connectivity index is 2.32. The van der Waals surface area contributed by atoms with Crippen LogP contribution in [0.15, 0.2) is 42.5 Å². The molecule has 0 fully saturated rings. The summed E-state index contributed by atoms with van der Waals surface area (Å²) in [5.41, 5.74) is 3.84. The Hall–Kier alpha value is -2.62. The summed E-state index contributed by atoms with van der Waals surface area (Å²) in [5, 5.41) is 12.0. The van der Waals surface area contributed by atoms with Gasteiger partial charge in [0, 0.05) is 5.56 Å². The largest absolute Gasteiger partial charge is 0.479 e. The molecule has 0 bridgehead atoms. The van der Waals surface area contributed by atoms with Crippen molar-refractivity contribution in [1.82, 2.24) is 5.32 Å². The van der Waals surface area contributed by atoms with Crippen molar-refractivity contribution in [3.8, 4) is 0 Å². The highest BCUT2D eigenvalue weighted by molar-refractivity contribution is 5.99. The Morgan fingerprint density at radius 2 is 1.55 bits per heavy atom. The molecule has 114 valence electrons. The first-order chi connectivity index (χ1) is 10.4. The predicted molar refractivity (Wildman–Crippen MR) is 84.9 cm³/mol. The van der Waals surface area contributed by atoms with E-state index >= 15 is 0 Å². The second-order valence-corrected chi connectivity index (χ2v) is 5.43. The number of hydrogen-bond acceptors (Lipinski definition) is 2. The minimum absolute atomic E-state index is 0.369. The van der Waals surface area contributed by atoms with Crippen molar-refractivity contribution in [3.63, 3.8) is 0 Å². The zero-order chi connectivity index (χ0) is 16.3. The molecule has 0 aliphatic heterocycles. The maximum absolute atomic E-state index is 12.5. The molecule has 0 saturated carbocycles. The number of nitrogens with one attached hydrogen (secondary N) is 1. The maximum atomic E-state index is 12.5. The van der Waals surface area contributed by atoms with Gasteiger partial charge in [-0.15, -0.1) is 0 Å². The quantitative estimate of drug-likeness (QED) is 0.911. The Labute approximate surface area is 129 Å². The fourth-order valence-electron chi connectivity index (χ4n) is 2.67. The van der Waals surface area contributed by atoms with Crippen LogP contribution in [0.2, 0.25) is 0 Å². The van der Waals surface area contributed by atoms with Gasteiger partial charge in [0.05, 0.1) is 0 Å². The molecule has 4 nitrogen and oxygen atoms in total. The Morgan fingerprint density at radius 1 is 1.00 bits per heavy atom. The van der Waals surface area contributed by atoms with Gasteiger partial charge < -0.3 is 10.4 Å². The number of aryl methyl sites for hydroxylation is 3. The second kappa shape index (κ2) is 6.43. The molecule has 1 atom stereocenters. The fourth-order valence-corrected chi connectivity index (χ4v) is 2.67. The summed E-state index contributed by atoms with van der Waals surface area (Å²) in [4.78, 5) is 24.0. The van der Waals surface area contributed by atoms with Crippen molar-refractivity contribution < 1.29 is 14.7 Å². The van der Waals surface area contributed by atoms with Crippen LogP contribution in [0, 0.1) is 20.8 Å². The normalized spacial score (nSPS) is 11.8. The highest BCUT2D eigenvalue weighted by atomic mass is 16.4. The monoisotopic (exact) mass is 297 g/mol. The molecule has 0 aliphatic carbocycles. The lowest BCUT2D eigenvalue weighted by atomic mass is 9.98. The first kappa shape index (κ1) is 15.8. The third-order valence-corrected chi connectivity index (χ3v) is 3.56. The Bertz CT molecular complexity index is 685. The molecule has 2 rings (SSSR count). The number of amides is 1. The van der Waals surface area contributed by atoms with Crippen LogP contribution in [0.25, 0.3) is 0 Å². The number of carboxylic acid groups (broad SMARTS) is 1. The SMILES string of the molecule is Cc1cc(C)c(C(=O)NC(C(=O)O)c2ccccc2)c(C)c1. The number of carbonyl (C=O) groups excluding carboxylic acids is 1. The summed E-state index contributed by atoms with van der Waals surface area (Å²) in [6, 6.07) is 11.5. The molecular weight excluding hydrogens is 278 g/mol. The zero-order valence-corrected chi connectivity index (χ0v) is 12.9. The van der Waals surface area contributed by atoms with Crippen LogP contribution < -0.4 is 5.32 Å². The van der Waals surface area contributed by atoms with E-state index in [2.05, 4.69) is 5.32 Å². The lowest BCUT2D eigenvalue weighted by Crippen LogP contribution is -2.34. The molecule has 0 saturated heterocycles. The lowest BCUT2D eigenvalue weighted by molar-refractivity contribution is -0.139. The van der Waals surface area contributed by atoms with Crippen LogP contribution in [-0.4, -0.2) is 17.0 Å². The van der Waals surface area contributed by atoms with Crippen molar-refractivity contribution in [2.75, 3.05) is 0 Å². The van der Waals surface area contributed by atoms with E-state index in [1.807, 2.05) is 32.9 Å². The summed E-state index contributed by atoms with van der Waals surface area (Å²) in [5.74, 6) is -1.45. The predicted octanol–water partition coefficient (Wildman–Crippen LogP) is 3.17. The Morgan fingerprint density at radius 3 is 2.05 bits per heavy atom. The van der Waals surface area contributed by atoms with E-state index in [4.69, 9.17) is 0 Å². The van der Waals surface area contributed by atoms with E-state index in [1.54, 1.807) is 30.3 Å². The van der Waals surface area contributed by atoms with E-state index in [0.29, 0.717) is 11.1 Å². The van der Waals surface area contributed by atoms with Crippen molar-refractivity contribution in [1.29, 1.82) is 0 Å². The van der Waals surface area contributed by atoms with Gasteiger partial charge in [-0.2, -0.15) is 0 Å². The molecular formula is C18H19NO3. The number of benzene rings is 2. The average molecular weight is 297 g/mol. The van der Waals surface area contributed by atoms with Crippen molar-refractivity contribution >= 4 is 11.9 Å². The molecule has 1 unspecified atom stereocenters. The number of rotatable bonds is 4. The lowest BCUT2D eigenvalue weighted by Gasteiger charge is -2.17. The third-order valence-electron chi connectivity index (χ3n) is 3.56. The molecule has 2 aromatic rings. The number of carbonyl (C=O) groups is 2. The fraction of sp³-hybridized carbons (Fsp3) is 0.222. The molecule has 0 heterocycles. The van der Waals surface area contributed by atoms with Gasteiger partial charge in [0.2, 0.25) is 0 Å². The van der Waals surface area contributed by atoms with E-state index in [0.717, 1.165) is 16.7 Å². The smallest absolute Gasteiger partial charge is 0.330 e. The van der Waals surface area contributed by atoms with Crippen molar-refractivity contribution in [2.24, 2.45) is 0 Å². The van der Waals surface area contributed by atoms with Gasteiger partial charge >= 0.3 is 5.97 Å². The molecule has 0 aliphatic rings. The van der Waals surface area contributed by atoms with E-state index in [-0.39, 0.29) is 5.91 Å². The van der Waals surface area contributed by atoms with Gasteiger partial charge in [-0.25, -0.2) is 4.79 Å². The first-order valence-corrected chi connectivity index (χ1v) is 7.06. The van der Waals surface area contributed by atoms with E-state index in [9.17, 15) is 14.7 Å². The highest BCUT2D eigenvalue weighted by Crippen LogP contribution is 2.19. The topological polar surface area (TPSA) is 66.4 Å². The molecule has 0 aromatic heterocycles. The number of carboxylic acids is 1. The highest BCUT2D eigenvalue weighted by Gasteiger charge is 2.24. The second-order valence-electron chi connectivity index (χ2n) is 5.43. The standard InChI is InChI=1S/C18H19NO3/c1-11-9-12(2)15(13(3)10-11)17(20)19-16(18(21)22)14-7-5-4-6-8-14/h4-10,16H,1-3H3,(H,19,20)(H,21,22). The van der Waals surface area contributed by atoms with Crippen LogP contribution in [0.5, 0.6) is 0 Å². The summed E-state index contributed by atoms with van der Waals surface area (Å²) in [6.45, 7) is 5.67. The average Bonchev–Trinajstić information content (AvgIpc) is 2.44. The van der Waals surface area contributed by atoms with Gasteiger partial charge in [0.1, 0.15) is 0 Å². The first-order valence-electron chi connectivity index (χ1n) is 7.06. The summed E-state index contributed by atoms with van der Waals surface area (Å²) < 4.78 is 0. The third kappa shape index (κ3) is 3.34. The molecule has 0 radical (unpaired) electrons. The minimum Gasteiger partial charge on any atom is -0.479 e. The van der Waals surface area contributed by atoms with Crippen LogP contribution in [0.4, 0.5) is 0 Å². The molecule has 22 heavy (non-hydrogen) atoms. The van der Waals surface area contributed by atoms with Crippen LogP contribution in [-0.2, 0) is 4.79 Å². The molecule has 4 heteroatoms. The van der Waals surface area contributed by atoms with Gasteiger partial charge in [-0.3, -0.25) is 4.79 Å². The molecule has 0 spiro atoms. The number of aliphatic carboxylic acids is 1.